The van der Waals surface area contributed by atoms with E-state index in [1.165, 1.54) is 0 Å². The van der Waals surface area contributed by atoms with Crippen LogP contribution in [0.2, 0.25) is 0 Å². The van der Waals surface area contributed by atoms with Crippen molar-refractivity contribution in [2.24, 2.45) is 0 Å². The van der Waals surface area contributed by atoms with E-state index >= 15 is 0 Å². The fourth-order valence-electron chi connectivity index (χ4n) is 0.515. The molecule has 0 fully saturated rings. The first-order valence-corrected chi connectivity index (χ1v) is 3.13. The molecule has 0 bridgehead atoms. The molecule has 0 amide bonds. The van der Waals surface area contributed by atoms with Gasteiger partial charge in [0.05, 0.1) is 23.5 Å². The van der Waals surface area contributed by atoms with Crippen molar-refractivity contribution in [2.75, 3.05) is 5.73 Å². The fourth-order valence-corrected chi connectivity index (χ4v) is 0.673. The van der Waals surface area contributed by atoms with Crippen LogP contribution in [-0.2, 0) is 5.88 Å². The van der Waals surface area contributed by atoms with Crippen LogP contribution in [0.4, 0.5) is 5.69 Å². The van der Waals surface area contributed by atoms with Gasteiger partial charge in [-0.3, -0.25) is 4.98 Å². The molecule has 0 spiro atoms. The van der Waals surface area contributed by atoms with Crippen LogP contribution in [0, 0.1) is 0 Å². The molecule has 11 heavy (non-hydrogen) atoms. The molecule has 1 rings (SSSR count). The molecule has 1 aromatic heterocycles. The number of alkyl halides is 1. The van der Waals surface area contributed by atoms with E-state index in [-0.39, 0.29) is 24.8 Å². The molecule has 0 aliphatic rings. The highest BCUT2D eigenvalue weighted by Crippen LogP contribution is 2.02. The van der Waals surface area contributed by atoms with Gasteiger partial charge in [-0.15, -0.1) is 36.4 Å². The fraction of sp³-hybridized carbons (Fsp3) is 0.167. The summed E-state index contributed by atoms with van der Waals surface area (Å²) < 4.78 is 0. The van der Waals surface area contributed by atoms with Crippen LogP contribution in [0.5, 0.6) is 0 Å². The Morgan fingerprint density at radius 1 is 1.36 bits per heavy atom. The van der Waals surface area contributed by atoms with Crippen molar-refractivity contribution < 1.29 is 0 Å². The first-order valence-electron chi connectivity index (χ1n) is 2.59. The molecule has 5 heteroatoms. The molecule has 0 atom stereocenters. The molecule has 1 heterocycles. The third-order valence-electron chi connectivity index (χ3n) is 0.985. The predicted molar refractivity (Wildman–Crippen MR) is 52.7 cm³/mol. The van der Waals surface area contributed by atoms with E-state index in [1.54, 1.807) is 12.3 Å². The Morgan fingerprint density at radius 2 is 2.00 bits per heavy atom. The minimum atomic E-state index is 0. The molecule has 0 unspecified atom stereocenters. The zero-order valence-corrected chi connectivity index (χ0v) is 8.05. The summed E-state index contributed by atoms with van der Waals surface area (Å²) in [5.74, 6) is 0.445. The lowest BCUT2D eigenvalue weighted by Gasteiger charge is -1.92. The minimum absolute atomic E-state index is 0. The second-order valence-corrected chi connectivity index (χ2v) is 1.98. The quantitative estimate of drug-likeness (QED) is 0.730. The van der Waals surface area contributed by atoms with Gasteiger partial charge in [0.15, 0.2) is 0 Å². The zero-order chi connectivity index (χ0) is 6.69. The summed E-state index contributed by atoms with van der Waals surface area (Å²) >= 11 is 5.48. The third kappa shape index (κ3) is 4.30. The Labute approximate surface area is 83.0 Å². The number of halogens is 3. The monoisotopic (exact) mass is 214 g/mol. The summed E-state index contributed by atoms with van der Waals surface area (Å²) in [6.45, 7) is 0. The maximum Gasteiger partial charge on any atom is 0.0647 e. The number of hydrogen-bond donors (Lipinski definition) is 1. The van der Waals surface area contributed by atoms with Gasteiger partial charge in [-0.05, 0) is 12.1 Å². The lowest BCUT2D eigenvalue weighted by Crippen LogP contribution is -1.88. The summed E-state index contributed by atoms with van der Waals surface area (Å²) in [6.07, 6.45) is 1.59. The lowest BCUT2D eigenvalue weighted by molar-refractivity contribution is 1.17. The van der Waals surface area contributed by atoms with Gasteiger partial charge in [-0.2, -0.15) is 0 Å². The van der Waals surface area contributed by atoms with E-state index in [9.17, 15) is 0 Å². The van der Waals surface area contributed by atoms with Crippen LogP contribution >= 0.6 is 36.4 Å². The van der Waals surface area contributed by atoms with Gasteiger partial charge in [0.1, 0.15) is 0 Å². The molecule has 1 aromatic rings. The van der Waals surface area contributed by atoms with E-state index in [2.05, 4.69) is 4.98 Å². The molecule has 0 saturated carbocycles. The Morgan fingerprint density at radius 3 is 2.36 bits per heavy atom. The van der Waals surface area contributed by atoms with Crippen LogP contribution < -0.4 is 5.73 Å². The van der Waals surface area contributed by atoms with Crippen LogP contribution in [-0.4, -0.2) is 4.98 Å². The van der Waals surface area contributed by atoms with Gasteiger partial charge in [0.2, 0.25) is 0 Å². The summed E-state index contributed by atoms with van der Waals surface area (Å²) in [7, 11) is 0. The lowest BCUT2D eigenvalue weighted by atomic mass is 10.3. The topological polar surface area (TPSA) is 38.9 Å². The van der Waals surface area contributed by atoms with E-state index in [0.717, 1.165) is 5.69 Å². The maximum atomic E-state index is 5.48. The highest BCUT2D eigenvalue weighted by atomic mass is 35.5. The van der Waals surface area contributed by atoms with E-state index in [4.69, 9.17) is 17.3 Å². The molecule has 0 saturated heterocycles. The van der Waals surface area contributed by atoms with Crippen molar-refractivity contribution in [3.05, 3.63) is 24.0 Å². The van der Waals surface area contributed by atoms with Gasteiger partial charge >= 0.3 is 0 Å². The second-order valence-electron chi connectivity index (χ2n) is 1.72. The average Bonchev–Trinajstić information content (AvgIpc) is 1.90. The van der Waals surface area contributed by atoms with Crippen molar-refractivity contribution in [1.82, 2.24) is 4.98 Å². The van der Waals surface area contributed by atoms with E-state index in [1.807, 2.05) is 6.07 Å². The number of nitrogens with two attached hydrogens (primary N) is 1. The molecule has 2 nitrogen and oxygen atoms in total. The van der Waals surface area contributed by atoms with Crippen LogP contribution in [0.3, 0.4) is 0 Å². The van der Waals surface area contributed by atoms with Crippen LogP contribution in [0.25, 0.3) is 0 Å². The number of pyridine rings is 1. The summed E-state index contributed by atoms with van der Waals surface area (Å²) in [5, 5.41) is 0. The van der Waals surface area contributed by atoms with Gasteiger partial charge in [-0.1, -0.05) is 0 Å². The predicted octanol–water partition coefficient (Wildman–Crippen LogP) is 2.25. The zero-order valence-electron chi connectivity index (χ0n) is 5.66. The molecular weight excluding hydrogens is 206 g/mol. The first-order chi connectivity index (χ1) is 4.33. The normalized spacial score (nSPS) is 7.73. The van der Waals surface area contributed by atoms with Gasteiger partial charge in [-0.25, -0.2) is 0 Å². The molecule has 0 radical (unpaired) electrons. The second kappa shape index (κ2) is 6.53. The average molecular weight is 216 g/mol. The molecule has 2 N–H and O–H groups in total. The van der Waals surface area contributed by atoms with E-state index < -0.39 is 0 Å². The molecular formula is C6H9Cl3N2. The maximum absolute atomic E-state index is 5.48. The standard InChI is InChI=1S/C6H7ClN2.2ClH/c7-3-6-2-1-5(8)4-9-6;;/h1-2,4H,3,8H2;2*1H. The molecule has 64 valence electrons. The number of nitrogen functional groups attached to an aromatic ring is 1. The van der Waals surface area contributed by atoms with Crippen LogP contribution in [0.15, 0.2) is 18.3 Å². The summed E-state index contributed by atoms with van der Waals surface area (Å²) in [4.78, 5) is 3.94. The molecule has 0 aliphatic heterocycles. The smallest absolute Gasteiger partial charge is 0.0647 e. The van der Waals surface area contributed by atoms with Gasteiger partial charge in [0.25, 0.3) is 0 Å². The third-order valence-corrected chi connectivity index (χ3v) is 1.26. The molecule has 0 aliphatic carbocycles. The highest BCUT2D eigenvalue weighted by molar-refractivity contribution is 6.16. The van der Waals surface area contributed by atoms with Crippen molar-refractivity contribution >= 4 is 42.1 Å². The van der Waals surface area contributed by atoms with Crippen molar-refractivity contribution in [1.29, 1.82) is 0 Å². The van der Waals surface area contributed by atoms with Gasteiger partial charge < -0.3 is 5.73 Å². The van der Waals surface area contributed by atoms with E-state index in [0.29, 0.717) is 11.6 Å². The number of hydrogen-bond acceptors (Lipinski definition) is 2. The van der Waals surface area contributed by atoms with Crippen molar-refractivity contribution in [2.45, 2.75) is 5.88 Å². The Kier molecular flexibility index (Phi) is 7.96. The number of aromatic nitrogens is 1. The van der Waals surface area contributed by atoms with Gasteiger partial charge in [0, 0.05) is 0 Å². The Balaban J connectivity index is 0. The Hall–Kier alpha value is -0.180. The highest BCUT2D eigenvalue weighted by Gasteiger charge is 1.88. The largest absolute Gasteiger partial charge is 0.397 e. The summed E-state index contributed by atoms with van der Waals surface area (Å²) in [6, 6.07) is 3.59. The molecule has 0 aromatic carbocycles. The first kappa shape index (κ1) is 13.4. The van der Waals surface area contributed by atoms with Crippen molar-refractivity contribution in [3.63, 3.8) is 0 Å². The summed E-state index contributed by atoms with van der Waals surface area (Å²) in [5.41, 5.74) is 6.90. The Bertz CT molecular complexity index is 188. The number of nitrogens with zero attached hydrogens (tertiary/aromatic N) is 1. The van der Waals surface area contributed by atoms with Crippen LogP contribution in [0.1, 0.15) is 5.69 Å². The SMILES string of the molecule is Cl.Cl.Nc1ccc(CCl)nc1. The minimum Gasteiger partial charge on any atom is -0.397 e. The number of rotatable bonds is 1. The van der Waals surface area contributed by atoms with Crippen molar-refractivity contribution in [3.8, 4) is 0 Å². The number of anilines is 1.